The first-order valence-corrected chi connectivity index (χ1v) is 10.4. The summed E-state index contributed by atoms with van der Waals surface area (Å²) < 4.78 is 6.76. The molecule has 0 spiro atoms. The van der Waals surface area contributed by atoms with Crippen molar-refractivity contribution in [1.82, 2.24) is 4.90 Å². The van der Waals surface area contributed by atoms with Crippen LogP contribution in [0.3, 0.4) is 0 Å². The summed E-state index contributed by atoms with van der Waals surface area (Å²) in [4.78, 5) is 15.0. The highest BCUT2D eigenvalue weighted by molar-refractivity contribution is 5.71. The Hall–Kier alpha value is -1.44. The third-order valence-corrected chi connectivity index (χ3v) is 6.12. The zero-order valence-corrected chi connectivity index (χ0v) is 19.8. The Labute approximate surface area is 192 Å². The number of hydrogen-bond acceptors (Lipinski definition) is 3. The summed E-state index contributed by atoms with van der Waals surface area (Å²) in [6, 6.07) is 20.4. The normalized spacial score (nSPS) is 16.2. The van der Waals surface area contributed by atoms with Crippen molar-refractivity contribution >= 4 is 5.97 Å². The van der Waals surface area contributed by atoms with Gasteiger partial charge in [0.2, 0.25) is 0 Å². The number of ether oxygens (including phenoxy) is 1. The summed E-state index contributed by atoms with van der Waals surface area (Å²) in [6.45, 7) is 9.26. The lowest BCUT2D eigenvalue weighted by Gasteiger charge is -2.41. The second kappa shape index (κ2) is 11.7. The molecule has 1 fully saturated rings. The first-order valence-electron chi connectivity index (χ1n) is 10.4. The molecule has 29 heavy (non-hydrogen) atoms. The van der Waals surface area contributed by atoms with Crippen LogP contribution in [0.1, 0.15) is 30.4 Å². The van der Waals surface area contributed by atoms with Gasteiger partial charge in [0.25, 0.3) is 0 Å². The highest BCUT2D eigenvalue weighted by atomic mass is 127. The van der Waals surface area contributed by atoms with Gasteiger partial charge in [0.15, 0.2) is 0 Å². The smallest absolute Gasteiger partial charge is 0.306 e. The Bertz CT molecular complexity index is 692. The number of quaternary nitrogens is 1. The monoisotopic (exact) mass is 508 g/mol. The Kier molecular flexibility index (Phi) is 9.59. The van der Waals surface area contributed by atoms with E-state index >= 15 is 0 Å². The van der Waals surface area contributed by atoms with Gasteiger partial charge in [-0.25, -0.2) is 0 Å². The van der Waals surface area contributed by atoms with E-state index in [0.717, 1.165) is 35.2 Å². The van der Waals surface area contributed by atoms with Crippen LogP contribution in [0.25, 0.3) is 0 Å². The number of hydrogen-bond donors (Lipinski definition) is 0. The van der Waals surface area contributed by atoms with E-state index in [1.807, 2.05) is 36.4 Å². The molecule has 2 aromatic carbocycles. The van der Waals surface area contributed by atoms with Crippen LogP contribution in [0, 0.1) is 0 Å². The SMILES string of the molecule is CC[N+]1(C)CCN(CCOC(=O)CC(c2ccccc2)c2ccccc2)CC1.[I-]. The van der Waals surface area contributed by atoms with Gasteiger partial charge >= 0.3 is 5.97 Å². The molecule has 0 bridgehead atoms. The van der Waals surface area contributed by atoms with Gasteiger partial charge in [0, 0.05) is 25.6 Å². The largest absolute Gasteiger partial charge is 1.00 e. The summed E-state index contributed by atoms with van der Waals surface area (Å²) in [5.74, 6) is -0.0867. The number of benzene rings is 2. The van der Waals surface area contributed by atoms with E-state index < -0.39 is 0 Å². The van der Waals surface area contributed by atoms with Gasteiger partial charge in [-0.15, -0.1) is 0 Å². The third kappa shape index (κ3) is 7.08. The molecule has 1 aliphatic rings. The minimum atomic E-state index is -0.121. The van der Waals surface area contributed by atoms with Crippen LogP contribution in [0.15, 0.2) is 60.7 Å². The van der Waals surface area contributed by atoms with Crippen molar-refractivity contribution in [2.45, 2.75) is 19.3 Å². The standard InChI is InChI=1S/C24H33N2O2.HI/c1-3-26(2)17-14-25(15-18-26)16-19-28-24(27)20-23(21-10-6-4-7-11-21)22-12-8-5-9-13-22;/h4-13,23H,3,14-20H2,1-2H3;1H/q+1;/p-1. The molecular weight excluding hydrogens is 475 g/mol. The minimum Gasteiger partial charge on any atom is -1.00 e. The summed E-state index contributed by atoms with van der Waals surface area (Å²) in [6.07, 6.45) is 0.374. The molecule has 0 radical (unpaired) electrons. The number of piperazine rings is 1. The van der Waals surface area contributed by atoms with Crippen LogP contribution in [0.5, 0.6) is 0 Å². The van der Waals surface area contributed by atoms with Crippen LogP contribution < -0.4 is 24.0 Å². The third-order valence-electron chi connectivity index (χ3n) is 6.12. The number of esters is 1. The van der Waals surface area contributed by atoms with Crippen LogP contribution >= 0.6 is 0 Å². The van der Waals surface area contributed by atoms with Gasteiger partial charge < -0.3 is 33.2 Å². The van der Waals surface area contributed by atoms with Crippen molar-refractivity contribution in [1.29, 1.82) is 0 Å². The molecular formula is C24H33IN2O2. The van der Waals surface area contributed by atoms with Crippen molar-refractivity contribution < 1.29 is 38.0 Å². The van der Waals surface area contributed by atoms with E-state index in [9.17, 15) is 4.79 Å². The predicted molar refractivity (Wildman–Crippen MR) is 113 cm³/mol. The number of likely N-dealkylation sites (N-methyl/N-ethyl adjacent to an activating group) is 1. The van der Waals surface area contributed by atoms with E-state index in [1.165, 1.54) is 19.6 Å². The van der Waals surface area contributed by atoms with E-state index in [4.69, 9.17) is 4.74 Å². The van der Waals surface area contributed by atoms with Crippen LogP contribution in [-0.2, 0) is 9.53 Å². The molecule has 2 aromatic rings. The molecule has 0 atom stereocenters. The molecule has 1 aliphatic heterocycles. The van der Waals surface area contributed by atoms with Crippen molar-refractivity contribution in [2.75, 3.05) is 52.9 Å². The molecule has 0 aromatic heterocycles. The van der Waals surface area contributed by atoms with Crippen molar-refractivity contribution in [2.24, 2.45) is 0 Å². The lowest BCUT2D eigenvalue weighted by Crippen LogP contribution is -3.00. The Morgan fingerprint density at radius 3 is 2.00 bits per heavy atom. The Morgan fingerprint density at radius 1 is 1.00 bits per heavy atom. The quantitative estimate of drug-likeness (QED) is 0.296. The second-order valence-electron chi connectivity index (χ2n) is 8.02. The van der Waals surface area contributed by atoms with E-state index in [-0.39, 0.29) is 35.9 Å². The number of carbonyl (C=O) groups is 1. The summed E-state index contributed by atoms with van der Waals surface area (Å²) >= 11 is 0. The molecule has 4 nitrogen and oxygen atoms in total. The Morgan fingerprint density at radius 2 is 1.52 bits per heavy atom. The van der Waals surface area contributed by atoms with Gasteiger partial charge in [0.1, 0.15) is 6.61 Å². The van der Waals surface area contributed by atoms with Gasteiger partial charge in [0.05, 0.1) is 33.1 Å². The molecule has 0 unspecified atom stereocenters. The molecule has 5 heteroatoms. The van der Waals surface area contributed by atoms with Gasteiger partial charge in [-0.1, -0.05) is 60.7 Å². The minimum absolute atomic E-state index is 0. The lowest BCUT2D eigenvalue weighted by atomic mass is 9.89. The van der Waals surface area contributed by atoms with Crippen LogP contribution in [0.2, 0.25) is 0 Å². The maximum atomic E-state index is 12.5. The molecule has 3 rings (SSSR count). The first kappa shape index (κ1) is 23.8. The van der Waals surface area contributed by atoms with Gasteiger partial charge in [-0.05, 0) is 18.1 Å². The van der Waals surface area contributed by atoms with Crippen molar-refractivity contribution in [3.8, 4) is 0 Å². The molecule has 0 saturated carbocycles. The average molecular weight is 508 g/mol. The average Bonchev–Trinajstić information content (AvgIpc) is 2.75. The Balaban J connectivity index is 0.00000300. The van der Waals surface area contributed by atoms with Crippen LogP contribution in [-0.4, -0.2) is 68.3 Å². The number of carbonyl (C=O) groups excluding carboxylic acids is 1. The first-order chi connectivity index (χ1) is 13.6. The second-order valence-corrected chi connectivity index (χ2v) is 8.02. The van der Waals surface area contributed by atoms with Crippen molar-refractivity contribution in [3.63, 3.8) is 0 Å². The molecule has 1 heterocycles. The van der Waals surface area contributed by atoms with E-state index in [0.29, 0.717) is 13.0 Å². The molecule has 1 saturated heterocycles. The fraction of sp³-hybridized carbons (Fsp3) is 0.458. The highest BCUT2D eigenvalue weighted by Gasteiger charge is 2.26. The fourth-order valence-electron chi connectivity index (χ4n) is 3.84. The number of halogens is 1. The van der Waals surface area contributed by atoms with Crippen LogP contribution in [0.4, 0.5) is 0 Å². The zero-order valence-electron chi connectivity index (χ0n) is 17.6. The molecule has 0 aliphatic carbocycles. The molecule has 0 N–H and O–H groups in total. The number of rotatable bonds is 8. The number of nitrogens with zero attached hydrogens (tertiary/aromatic N) is 2. The molecule has 158 valence electrons. The maximum absolute atomic E-state index is 12.5. The predicted octanol–water partition coefficient (Wildman–Crippen LogP) is 0.538. The van der Waals surface area contributed by atoms with Gasteiger partial charge in [-0.2, -0.15) is 0 Å². The van der Waals surface area contributed by atoms with Crippen molar-refractivity contribution in [3.05, 3.63) is 71.8 Å². The summed E-state index contributed by atoms with van der Waals surface area (Å²) in [7, 11) is 2.32. The summed E-state index contributed by atoms with van der Waals surface area (Å²) in [5, 5.41) is 0. The fourth-order valence-corrected chi connectivity index (χ4v) is 3.84. The van der Waals surface area contributed by atoms with Gasteiger partial charge in [-0.3, -0.25) is 9.69 Å². The van der Waals surface area contributed by atoms with E-state index in [1.54, 1.807) is 0 Å². The maximum Gasteiger partial charge on any atom is 0.306 e. The zero-order chi connectivity index (χ0) is 19.8. The lowest BCUT2D eigenvalue weighted by molar-refractivity contribution is -0.911. The topological polar surface area (TPSA) is 29.5 Å². The van der Waals surface area contributed by atoms with E-state index in [2.05, 4.69) is 43.1 Å². The highest BCUT2D eigenvalue weighted by Crippen LogP contribution is 2.28. The molecule has 0 amide bonds. The summed E-state index contributed by atoms with van der Waals surface area (Å²) in [5.41, 5.74) is 2.30.